The first kappa shape index (κ1) is 70.7. The molecular formula is C81H85N29O. The summed E-state index contributed by atoms with van der Waals surface area (Å²) in [6.07, 6.45) is 13.0. The largest absolute Gasteiger partial charge is 0.383 e. The van der Waals surface area contributed by atoms with Crippen molar-refractivity contribution in [2.75, 3.05) is 148 Å². The Bertz CT molecular complexity index is 5290. The fraction of sp³-hybridized carbons (Fsp3) is 0.284. The van der Waals surface area contributed by atoms with Gasteiger partial charge in [-0.15, -0.1) is 0 Å². The van der Waals surface area contributed by atoms with E-state index in [0.29, 0.717) is 170 Å². The molecule has 6 aromatic heterocycles. The van der Waals surface area contributed by atoms with Crippen molar-refractivity contribution in [2.45, 2.75) is 58.7 Å². The summed E-state index contributed by atoms with van der Waals surface area (Å²) < 4.78 is 0. The standard InChI is InChI=1S/C81H85N29O/c1-52(111)86-44-56-8-5-9-66(41-56)94-74-98-71(72-99-75(95-68-21-19-61-23-25-85-48-63(61)43-68)104-81(101-72)110-36-32-107(33-37-110)78-89-49-64(69(82)96-78)39-53-6-3-2-4-7-53)100-80(103-74)109-34-26-105(27-35-109)76-87-45-57(46-88-76)38-54-10-14-58(15-11-54)59-16-12-55(13-17-59)40-65-50-90-77(97-70(65)83)106-28-30-108(31-29-106)79-92-51-91-73(102-79)93-67-20-18-60-22-24-84-47-62(60)42-67/h2-21,41-43,45-46,49-51,84-85H,22-40,44,47-48H2,1H3,(H,86,111)(H2,82,89,96)(H2,83,90,97)(H,91,92,93,102)(H,94,98,100,103)(H,95,99,101,104). The minimum atomic E-state index is -0.121. The Morgan fingerprint density at radius 3 is 1.32 bits per heavy atom. The van der Waals surface area contributed by atoms with Gasteiger partial charge >= 0.3 is 0 Å². The predicted molar refractivity (Wildman–Crippen MR) is 431 cm³/mol. The molecule has 1 amide bonds. The summed E-state index contributed by atoms with van der Waals surface area (Å²) in [4.78, 5) is 97.9. The average molecular weight is 1480 g/mol. The minimum absolute atomic E-state index is 0.121. The number of nitrogen functional groups attached to an aromatic ring is 2. The molecule has 0 atom stereocenters. The first-order valence-electron chi connectivity index (χ1n) is 37.7. The van der Waals surface area contributed by atoms with Crippen LogP contribution >= 0.6 is 0 Å². The van der Waals surface area contributed by atoms with Crippen LogP contribution in [0.3, 0.4) is 0 Å². The van der Waals surface area contributed by atoms with Gasteiger partial charge in [0.05, 0.1) is 0 Å². The summed E-state index contributed by atoms with van der Waals surface area (Å²) >= 11 is 0. The monoisotopic (exact) mass is 1480 g/mol. The van der Waals surface area contributed by atoms with E-state index in [-0.39, 0.29) is 17.6 Å². The number of aromatic nitrogens is 15. The molecule has 560 valence electrons. The summed E-state index contributed by atoms with van der Waals surface area (Å²) in [6.45, 7) is 12.9. The quantitative estimate of drug-likeness (QED) is 0.0318. The minimum Gasteiger partial charge on any atom is -0.383 e. The van der Waals surface area contributed by atoms with Gasteiger partial charge in [0.2, 0.25) is 71.1 Å². The van der Waals surface area contributed by atoms with E-state index >= 15 is 0 Å². The Labute approximate surface area is 642 Å². The van der Waals surface area contributed by atoms with Crippen LogP contribution in [0, 0.1) is 0 Å². The van der Waals surface area contributed by atoms with Gasteiger partial charge in [-0.1, -0.05) is 103 Å². The lowest BCUT2D eigenvalue weighted by Crippen LogP contribution is -2.48. The maximum Gasteiger partial charge on any atom is 0.232 e. The van der Waals surface area contributed by atoms with Crippen LogP contribution in [0.15, 0.2) is 171 Å². The molecule has 0 unspecified atom stereocenters. The molecule has 17 rings (SSSR count). The zero-order valence-electron chi connectivity index (χ0n) is 61.7. The Morgan fingerprint density at radius 1 is 0.378 bits per heavy atom. The number of nitrogens with two attached hydrogens (primary N) is 2. The smallest absolute Gasteiger partial charge is 0.232 e. The van der Waals surface area contributed by atoms with E-state index in [2.05, 4.69) is 168 Å². The highest BCUT2D eigenvalue weighted by Gasteiger charge is 2.29. The second-order valence-corrected chi connectivity index (χ2v) is 28.4. The van der Waals surface area contributed by atoms with Crippen molar-refractivity contribution >= 4 is 88.1 Å². The maximum atomic E-state index is 11.9. The van der Waals surface area contributed by atoms with Crippen LogP contribution in [-0.2, 0) is 56.5 Å². The van der Waals surface area contributed by atoms with Gasteiger partial charge in [-0.25, -0.2) is 29.9 Å². The zero-order valence-corrected chi connectivity index (χ0v) is 61.7. The van der Waals surface area contributed by atoms with Gasteiger partial charge in [0, 0.05) is 177 Å². The van der Waals surface area contributed by atoms with E-state index in [9.17, 15) is 4.79 Å². The summed E-state index contributed by atoms with van der Waals surface area (Å²) in [6, 6.07) is 48.0. The number of fused-ring (bicyclic) bond motifs is 2. The first-order valence-corrected chi connectivity index (χ1v) is 37.7. The lowest BCUT2D eigenvalue weighted by Gasteiger charge is -2.35. The highest BCUT2D eigenvalue weighted by atomic mass is 16.1. The van der Waals surface area contributed by atoms with E-state index in [1.54, 1.807) is 6.33 Å². The number of carbonyl (C=O) groups excluding carboxylic acids is 1. The Kier molecular flexibility index (Phi) is 20.6. The molecule has 11 heterocycles. The predicted octanol–water partition coefficient (Wildman–Crippen LogP) is 8.02. The number of amides is 1. The molecular weight excluding hydrogens is 1400 g/mol. The van der Waals surface area contributed by atoms with Gasteiger partial charge in [-0.05, 0) is 124 Å². The Morgan fingerprint density at radius 2 is 0.811 bits per heavy atom. The summed E-state index contributed by atoms with van der Waals surface area (Å²) in [7, 11) is 0. The Balaban J connectivity index is 0.533. The lowest BCUT2D eigenvalue weighted by atomic mass is 9.99. The molecule has 30 nitrogen and oxygen atoms in total. The van der Waals surface area contributed by atoms with Crippen molar-refractivity contribution in [3.05, 3.63) is 232 Å². The summed E-state index contributed by atoms with van der Waals surface area (Å²) in [5.74, 6) is 5.85. The van der Waals surface area contributed by atoms with Crippen LogP contribution in [0.2, 0.25) is 0 Å². The highest BCUT2D eigenvalue weighted by molar-refractivity contribution is 5.73. The van der Waals surface area contributed by atoms with E-state index in [1.165, 1.54) is 29.2 Å². The molecule has 0 bridgehead atoms. The van der Waals surface area contributed by atoms with Crippen molar-refractivity contribution in [1.29, 1.82) is 0 Å². The van der Waals surface area contributed by atoms with Crippen LogP contribution in [-0.4, -0.2) is 172 Å². The lowest BCUT2D eigenvalue weighted by molar-refractivity contribution is -0.119. The van der Waals surface area contributed by atoms with Gasteiger partial charge in [0.25, 0.3) is 0 Å². The molecule has 0 aliphatic carbocycles. The van der Waals surface area contributed by atoms with Crippen LogP contribution in [0.25, 0.3) is 22.8 Å². The molecule has 5 aliphatic heterocycles. The number of anilines is 14. The van der Waals surface area contributed by atoms with Crippen molar-refractivity contribution in [2.24, 2.45) is 0 Å². The van der Waals surface area contributed by atoms with E-state index < -0.39 is 0 Å². The molecule has 10 N–H and O–H groups in total. The normalized spacial score (nSPS) is 15.0. The molecule has 3 fully saturated rings. The summed E-state index contributed by atoms with van der Waals surface area (Å²) in [5.41, 5.74) is 30.2. The molecule has 5 aliphatic rings. The first-order chi connectivity index (χ1) is 54.5. The van der Waals surface area contributed by atoms with Crippen molar-refractivity contribution in [1.82, 2.24) is 90.7 Å². The van der Waals surface area contributed by atoms with Crippen LogP contribution in [0.5, 0.6) is 0 Å². The fourth-order valence-corrected chi connectivity index (χ4v) is 14.5. The number of carbonyl (C=O) groups is 1. The molecule has 12 aromatic rings. The number of nitrogens with zero attached hydrogens (tertiary/aromatic N) is 21. The number of hydrogen-bond acceptors (Lipinski definition) is 29. The maximum absolute atomic E-state index is 11.9. The molecule has 0 saturated carbocycles. The van der Waals surface area contributed by atoms with Crippen LogP contribution < -0.4 is 72.8 Å². The SMILES string of the molecule is CC(=O)NCc1cccc(Nc2nc(-c3nc(Nc4ccc5c(c4)CNCC5)nc(N4CCN(c5ncc(Cc6ccccc6)c(N)n5)CC4)n3)nc(N3CCN(c4ncc(Cc5ccc(-c6ccc(Cc7cnc(N8CCN(c9ncnc(Nc%10ccc%11c(c%10)CNCC%11)n9)CC8)nc7N)cc6)cc5)cn4)CC3)n2)c1. The Hall–Kier alpha value is -13.2. The molecule has 6 aromatic carbocycles. The van der Waals surface area contributed by atoms with Gasteiger partial charge in [0.1, 0.15) is 18.0 Å². The van der Waals surface area contributed by atoms with Crippen LogP contribution in [0.1, 0.15) is 68.1 Å². The molecule has 111 heavy (non-hydrogen) atoms. The number of rotatable bonds is 22. The molecule has 3 saturated heterocycles. The van der Waals surface area contributed by atoms with Crippen molar-refractivity contribution in [3.63, 3.8) is 0 Å². The third-order valence-corrected chi connectivity index (χ3v) is 20.7. The average Bonchev–Trinajstić information content (AvgIpc) is 0.780. The number of benzene rings is 6. The highest BCUT2D eigenvalue weighted by Crippen LogP contribution is 2.31. The zero-order chi connectivity index (χ0) is 75.0. The summed E-state index contributed by atoms with van der Waals surface area (Å²) in [5, 5.41) is 20.2. The van der Waals surface area contributed by atoms with Gasteiger partial charge in [-0.2, -0.15) is 44.9 Å². The van der Waals surface area contributed by atoms with Crippen molar-refractivity contribution < 1.29 is 4.79 Å². The van der Waals surface area contributed by atoms with Gasteiger partial charge < -0.3 is 72.8 Å². The molecule has 30 heteroatoms. The fourth-order valence-electron chi connectivity index (χ4n) is 14.5. The number of hydrogen-bond donors (Lipinski definition) is 8. The van der Waals surface area contributed by atoms with E-state index in [0.717, 1.165) is 106 Å². The topological polar surface area (TPSA) is 354 Å². The van der Waals surface area contributed by atoms with Crippen molar-refractivity contribution in [3.8, 4) is 22.8 Å². The second-order valence-electron chi connectivity index (χ2n) is 28.4. The van der Waals surface area contributed by atoms with E-state index in [4.69, 9.17) is 76.3 Å². The third kappa shape index (κ3) is 17.1. The molecule has 0 radical (unpaired) electrons. The second kappa shape index (κ2) is 32.3. The van der Waals surface area contributed by atoms with Gasteiger partial charge in [-0.3, -0.25) is 4.79 Å². The number of nitrogens with one attached hydrogen (secondary N) is 6. The van der Waals surface area contributed by atoms with E-state index in [1.807, 2.05) is 67.3 Å². The number of piperazine rings is 3. The third-order valence-electron chi connectivity index (χ3n) is 20.7. The van der Waals surface area contributed by atoms with Gasteiger partial charge in [0.15, 0.2) is 0 Å². The molecule has 0 spiro atoms. The van der Waals surface area contributed by atoms with Crippen LogP contribution in [0.4, 0.5) is 82.2 Å².